The lowest BCUT2D eigenvalue weighted by Gasteiger charge is -2.08. The minimum atomic E-state index is -0.151. The van der Waals surface area contributed by atoms with Crippen LogP contribution in [-0.2, 0) is 6.42 Å². The number of aryl methyl sites for hydroxylation is 1. The van der Waals surface area contributed by atoms with Crippen LogP contribution in [-0.4, -0.2) is 0 Å². The third-order valence-electron chi connectivity index (χ3n) is 2.34. The smallest absolute Gasteiger partial charge is 0.108 e. The summed E-state index contributed by atoms with van der Waals surface area (Å²) in [6.07, 6.45) is 5.82. The molecule has 3 heteroatoms. The van der Waals surface area contributed by atoms with Crippen molar-refractivity contribution in [3.8, 4) is 0 Å². The van der Waals surface area contributed by atoms with Gasteiger partial charge < -0.3 is 14.6 Å². The molecule has 2 N–H and O–H groups in total. The number of rotatable bonds is 3. The predicted molar refractivity (Wildman–Crippen MR) is 52.8 cm³/mol. The van der Waals surface area contributed by atoms with Crippen LogP contribution in [0.5, 0.6) is 0 Å². The highest BCUT2D eigenvalue weighted by atomic mass is 16.3. The van der Waals surface area contributed by atoms with Gasteiger partial charge in [-0.1, -0.05) is 6.92 Å². The van der Waals surface area contributed by atoms with Gasteiger partial charge in [-0.25, -0.2) is 0 Å². The first-order chi connectivity index (χ1) is 6.83. The first kappa shape index (κ1) is 9.09. The van der Waals surface area contributed by atoms with Crippen LogP contribution in [0.2, 0.25) is 0 Å². The van der Waals surface area contributed by atoms with E-state index in [-0.39, 0.29) is 6.04 Å². The molecule has 0 fully saturated rings. The highest BCUT2D eigenvalue weighted by Crippen LogP contribution is 2.24. The van der Waals surface area contributed by atoms with E-state index in [4.69, 9.17) is 14.6 Å². The fourth-order valence-corrected chi connectivity index (χ4v) is 1.55. The molecule has 0 radical (unpaired) electrons. The minimum absolute atomic E-state index is 0.151. The van der Waals surface area contributed by atoms with Crippen molar-refractivity contribution in [2.75, 3.05) is 0 Å². The zero-order valence-electron chi connectivity index (χ0n) is 8.07. The summed E-state index contributed by atoms with van der Waals surface area (Å²) in [7, 11) is 0. The van der Waals surface area contributed by atoms with Crippen molar-refractivity contribution in [3.05, 3.63) is 47.8 Å². The number of hydrogen-bond acceptors (Lipinski definition) is 3. The summed E-state index contributed by atoms with van der Waals surface area (Å²) >= 11 is 0. The lowest BCUT2D eigenvalue weighted by atomic mass is 10.0. The number of nitrogens with two attached hydrogens (primary N) is 1. The van der Waals surface area contributed by atoms with E-state index < -0.39 is 0 Å². The van der Waals surface area contributed by atoms with E-state index in [1.165, 1.54) is 0 Å². The van der Waals surface area contributed by atoms with Gasteiger partial charge in [-0.05, 0) is 12.1 Å². The summed E-state index contributed by atoms with van der Waals surface area (Å²) < 4.78 is 10.3. The Morgan fingerprint density at radius 2 is 2.21 bits per heavy atom. The van der Waals surface area contributed by atoms with Crippen molar-refractivity contribution >= 4 is 0 Å². The molecule has 74 valence electrons. The van der Waals surface area contributed by atoms with E-state index in [1.54, 1.807) is 18.8 Å². The Bertz CT molecular complexity index is 389. The lowest BCUT2D eigenvalue weighted by Crippen LogP contribution is -2.11. The maximum Gasteiger partial charge on any atom is 0.108 e. The lowest BCUT2D eigenvalue weighted by molar-refractivity contribution is 0.508. The van der Waals surface area contributed by atoms with Crippen LogP contribution in [0, 0.1) is 0 Å². The molecule has 0 spiro atoms. The highest BCUT2D eigenvalue weighted by Gasteiger charge is 2.15. The zero-order chi connectivity index (χ0) is 9.97. The van der Waals surface area contributed by atoms with E-state index in [1.807, 2.05) is 19.1 Å². The van der Waals surface area contributed by atoms with Crippen molar-refractivity contribution in [1.29, 1.82) is 0 Å². The van der Waals surface area contributed by atoms with Crippen LogP contribution in [0.4, 0.5) is 0 Å². The second-order valence-corrected chi connectivity index (χ2v) is 3.19. The quantitative estimate of drug-likeness (QED) is 0.810. The minimum Gasteiger partial charge on any atom is -0.472 e. The summed E-state index contributed by atoms with van der Waals surface area (Å²) in [4.78, 5) is 0. The van der Waals surface area contributed by atoms with Crippen LogP contribution in [0.3, 0.4) is 0 Å². The summed E-state index contributed by atoms with van der Waals surface area (Å²) in [5.41, 5.74) is 8.07. The van der Waals surface area contributed by atoms with Crippen LogP contribution in [0.25, 0.3) is 0 Å². The average Bonchev–Trinajstić information content (AvgIpc) is 2.87. The molecule has 0 aliphatic rings. The van der Waals surface area contributed by atoms with Gasteiger partial charge in [0.15, 0.2) is 0 Å². The Morgan fingerprint density at radius 3 is 2.86 bits per heavy atom. The maximum absolute atomic E-state index is 6.06. The molecule has 2 heterocycles. The van der Waals surface area contributed by atoms with Crippen molar-refractivity contribution in [2.45, 2.75) is 19.4 Å². The van der Waals surface area contributed by atoms with Crippen LogP contribution < -0.4 is 5.73 Å². The van der Waals surface area contributed by atoms with E-state index in [9.17, 15) is 0 Å². The van der Waals surface area contributed by atoms with Gasteiger partial charge in [0.05, 0.1) is 24.8 Å². The van der Waals surface area contributed by atoms with Gasteiger partial charge in [0.2, 0.25) is 0 Å². The average molecular weight is 191 g/mol. The molecule has 1 atom stereocenters. The van der Waals surface area contributed by atoms with E-state index in [2.05, 4.69) is 0 Å². The normalized spacial score (nSPS) is 13.0. The third-order valence-corrected chi connectivity index (χ3v) is 2.34. The Kier molecular flexibility index (Phi) is 2.41. The molecule has 2 rings (SSSR count). The van der Waals surface area contributed by atoms with Crippen molar-refractivity contribution < 1.29 is 8.83 Å². The molecule has 0 aromatic carbocycles. The molecule has 0 saturated carbocycles. The molecule has 2 aromatic rings. The second kappa shape index (κ2) is 3.72. The van der Waals surface area contributed by atoms with Gasteiger partial charge in [-0.3, -0.25) is 0 Å². The van der Waals surface area contributed by atoms with E-state index in [0.717, 1.165) is 23.3 Å². The molecule has 2 aromatic heterocycles. The largest absolute Gasteiger partial charge is 0.472 e. The summed E-state index contributed by atoms with van der Waals surface area (Å²) in [6, 6.07) is 3.63. The first-order valence-corrected chi connectivity index (χ1v) is 4.67. The Hall–Kier alpha value is -1.48. The molecule has 0 saturated heterocycles. The van der Waals surface area contributed by atoms with Crippen LogP contribution >= 0.6 is 0 Å². The Balaban J connectivity index is 2.31. The van der Waals surface area contributed by atoms with Gasteiger partial charge in [0, 0.05) is 17.5 Å². The fourth-order valence-electron chi connectivity index (χ4n) is 1.55. The molecule has 0 aliphatic heterocycles. The van der Waals surface area contributed by atoms with Gasteiger partial charge in [-0.2, -0.15) is 0 Å². The van der Waals surface area contributed by atoms with Gasteiger partial charge in [-0.15, -0.1) is 0 Å². The molecule has 0 bridgehead atoms. The summed E-state index contributed by atoms with van der Waals surface area (Å²) in [5, 5.41) is 0. The number of furan rings is 2. The van der Waals surface area contributed by atoms with Crippen molar-refractivity contribution in [1.82, 2.24) is 0 Å². The summed E-state index contributed by atoms with van der Waals surface area (Å²) in [5.74, 6) is 0.943. The van der Waals surface area contributed by atoms with Gasteiger partial charge in [0.1, 0.15) is 5.76 Å². The molecular weight excluding hydrogens is 178 g/mol. The molecule has 1 unspecified atom stereocenters. The SMILES string of the molecule is CCc1occc1C(N)c1ccoc1. The maximum atomic E-state index is 6.06. The van der Waals surface area contributed by atoms with Gasteiger partial charge >= 0.3 is 0 Å². The third kappa shape index (κ3) is 1.46. The standard InChI is InChI=1S/C11H13NO2/c1-2-10-9(4-6-14-10)11(12)8-3-5-13-7-8/h3-7,11H,2,12H2,1H3. The summed E-state index contributed by atoms with van der Waals surface area (Å²) in [6.45, 7) is 2.05. The van der Waals surface area contributed by atoms with Crippen molar-refractivity contribution in [3.63, 3.8) is 0 Å². The van der Waals surface area contributed by atoms with Crippen LogP contribution in [0.15, 0.2) is 39.8 Å². The molecule has 0 amide bonds. The fraction of sp³-hybridized carbons (Fsp3) is 0.273. The Labute approximate surface area is 82.5 Å². The molecule has 3 nitrogen and oxygen atoms in total. The van der Waals surface area contributed by atoms with Gasteiger partial charge in [0.25, 0.3) is 0 Å². The molecule has 0 aliphatic carbocycles. The van der Waals surface area contributed by atoms with E-state index >= 15 is 0 Å². The molecule has 14 heavy (non-hydrogen) atoms. The first-order valence-electron chi connectivity index (χ1n) is 4.67. The van der Waals surface area contributed by atoms with Crippen molar-refractivity contribution in [2.24, 2.45) is 5.73 Å². The molecular formula is C11H13NO2. The number of hydrogen-bond donors (Lipinski definition) is 1. The highest BCUT2D eigenvalue weighted by molar-refractivity contribution is 5.30. The second-order valence-electron chi connectivity index (χ2n) is 3.19. The Morgan fingerprint density at radius 1 is 1.36 bits per heavy atom. The monoisotopic (exact) mass is 191 g/mol. The van der Waals surface area contributed by atoms with Crippen LogP contribution in [0.1, 0.15) is 29.9 Å². The topological polar surface area (TPSA) is 52.3 Å². The predicted octanol–water partition coefficient (Wildman–Crippen LogP) is 2.48. The zero-order valence-corrected chi connectivity index (χ0v) is 8.07. The van der Waals surface area contributed by atoms with E-state index in [0.29, 0.717) is 0 Å².